The van der Waals surface area contributed by atoms with E-state index in [1.165, 1.54) is 12.8 Å². The second-order valence-electron chi connectivity index (χ2n) is 7.53. The van der Waals surface area contributed by atoms with Crippen LogP contribution in [0.4, 0.5) is 0 Å². The van der Waals surface area contributed by atoms with Gasteiger partial charge in [-0.2, -0.15) is 0 Å². The summed E-state index contributed by atoms with van der Waals surface area (Å²) in [4.78, 5) is 14.7. The first-order valence-electron chi connectivity index (χ1n) is 9.14. The van der Waals surface area contributed by atoms with Gasteiger partial charge in [0, 0.05) is 31.2 Å². The van der Waals surface area contributed by atoms with Crippen LogP contribution in [0.5, 0.6) is 0 Å². The van der Waals surface area contributed by atoms with Crippen molar-refractivity contribution in [3.63, 3.8) is 0 Å². The van der Waals surface area contributed by atoms with E-state index in [0.29, 0.717) is 11.8 Å². The highest BCUT2D eigenvalue weighted by Gasteiger charge is 2.33. The first-order valence-corrected chi connectivity index (χ1v) is 9.14. The van der Waals surface area contributed by atoms with Crippen molar-refractivity contribution in [2.45, 2.75) is 72.8 Å². The van der Waals surface area contributed by atoms with Crippen LogP contribution in [0.3, 0.4) is 0 Å². The number of aromatic nitrogens is 3. The average Bonchev–Trinajstić information content (AvgIpc) is 2.99. The summed E-state index contributed by atoms with van der Waals surface area (Å²) in [6.45, 7) is 11.0. The second kappa shape index (κ2) is 7.93. The minimum Gasteiger partial charge on any atom is -0.342 e. The molecule has 1 aromatic rings. The van der Waals surface area contributed by atoms with Gasteiger partial charge in [-0.05, 0) is 38.0 Å². The van der Waals surface area contributed by atoms with Gasteiger partial charge in [-0.3, -0.25) is 9.48 Å². The summed E-state index contributed by atoms with van der Waals surface area (Å²) in [6.07, 6.45) is 8.57. The quantitative estimate of drug-likeness (QED) is 0.774. The zero-order chi connectivity index (χ0) is 16.9. The Kier molecular flexibility index (Phi) is 6.19. The van der Waals surface area contributed by atoms with Crippen LogP contribution in [0.1, 0.15) is 65.5 Å². The Hall–Kier alpha value is -1.39. The van der Waals surface area contributed by atoms with Crippen molar-refractivity contribution in [3.05, 3.63) is 11.9 Å². The number of carbonyl (C=O) groups excluding carboxylic acids is 1. The molecule has 0 spiro atoms. The van der Waals surface area contributed by atoms with Crippen molar-refractivity contribution in [1.82, 2.24) is 19.9 Å². The molecule has 2 rings (SSSR count). The molecule has 5 heteroatoms. The number of nitrogens with zero attached hydrogens (tertiary/aromatic N) is 4. The van der Waals surface area contributed by atoms with Gasteiger partial charge in [-0.1, -0.05) is 39.3 Å². The molecule has 5 nitrogen and oxygen atoms in total. The molecule has 1 atom stereocenters. The molecule has 1 aromatic heterocycles. The zero-order valence-corrected chi connectivity index (χ0v) is 15.2. The fraction of sp³-hybridized carbons (Fsp3) is 0.833. The van der Waals surface area contributed by atoms with Crippen LogP contribution in [0.15, 0.2) is 6.20 Å². The summed E-state index contributed by atoms with van der Waals surface area (Å²) in [5, 5.41) is 8.52. The molecule has 1 saturated heterocycles. The van der Waals surface area contributed by atoms with Crippen LogP contribution in [-0.2, 0) is 17.8 Å². The molecule has 0 radical (unpaired) electrons. The molecule has 23 heavy (non-hydrogen) atoms. The van der Waals surface area contributed by atoms with Gasteiger partial charge in [0.25, 0.3) is 0 Å². The molecule has 1 amide bonds. The molecule has 130 valence electrons. The molecule has 1 fully saturated rings. The van der Waals surface area contributed by atoms with Gasteiger partial charge in [0.2, 0.25) is 5.91 Å². The van der Waals surface area contributed by atoms with E-state index in [0.717, 1.165) is 51.0 Å². The maximum absolute atomic E-state index is 12.7. The third-order valence-electron chi connectivity index (χ3n) is 5.09. The van der Waals surface area contributed by atoms with Crippen LogP contribution in [0.25, 0.3) is 0 Å². The molecule has 1 aliphatic rings. The molecule has 0 bridgehead atoms. The molecule has 0 saturated carbocycles. The lowest BCUT2D eigenvalue weighted by Gasteiger charge is -2.37. The lowest BCUT2D eigenvalue weighted by molar-refractivity contribution is -0.142. The van der Waals surface area contributed by atoms with Gasteiger partial charge in [0.15, 0.2) is 0 Å². The highest BCUT2D eigenvalue weighted by molar-refractivity contribution is 5.82. The van der Waals surface area contributed by atoms with E-state index >= 15 is 0 Å². The fourth-order valence-corrected chi connectivity index (χ4v) is 3.14. The van der Waals surface area contributed by atoms with Gasteiger partial charge >= 0.3 is 0 Å². The van der Waals surface area contributed by atoms with E-state index < -0.39 is 0 Å². The van der Waals surface area contributed by atoms with Gasteiger partial charge in [-0.15, -0.1) is 5.10 Å². The van der Waals surface area contributed by atoms with Gasteiger partial charge < -0.3 is 4.90 Å². The average molecular weight is 320 g/mol. The van der Waals surface area contributed by atoms with Crippen LogP contribution in [0.2, 0.25) is 0 Å². The smallest absolute Gasteiger partial charge is 0.228 e. The van der Waals surface area contributed by atoms with Crippen molar-refractivity contribution < 1.29 is 4.79 Å². The first kappa shape index (κ1) is 18.0. The number of hydrogen-bond donors (Lipinski definition) is 0. The molecule has 1 aliphatic heterocycles. The predicted molar refractivity (Wildman–Crippen MR) is 92.0 cm³/mol. The summed E-state index contributed by atoms with van der Waals surface area (Å²) in [5.74, 6) is 0.785. The minimum absolute atomic E-state index is 0.248. The summed E-state index contributed by atoms with van der Waals surface area (Å²) in [5.41, 5.74) is 0.838. The van der Waals surface area contributed by atoms with Crippen LogP contribution in [0, 0.1) is 11.3 Å². The van der Waals surface area contributed by atoms with Crippen LogP contribution < -0.4 is 0 Å². The monoisotopic (exact) mass is 320 g/mol. The summed E-state index contributed by atoms with van der Waals surface area (Å²) < 4.78 is 1.97. The Balaban J connectivity index is 1.91. The van der Waals surface area contributed by atoms with Gasteiger partial charge in [0.1, 0.15) is 0 Å². The Morgan fingerprint density at radius 2 is 2.17 bits per heavy atom. The molecule has 0 aromatic carbocycles. The molecule has 2 heterocycles. The first-order chi connectivity index (χ1) is 11.0. The lowest BCUT2D eigenvalue weighted by atomic mass is 9.87. The number of rotatable bonds is 7. The zero-order valence-electron chi connectivity index (χ0n) is 15.2. The third kappa shape index (κ3) is 4.79. The highest BCUT2D eigenvalue weighted by atomic mass is 16.2. The largest absolute Gasteiger partial charge is 0.342 e. The molecule has 0 unspecified atom stereocenters. The summed E-state index contributed by atoms with van der Waals surface area (Å²) in [6, 6.07) is 0. The van der Waals surface area contributed by atoms with E-state index in [2.05, 4.69) is 49.1 Å². The molecule has 0 aliphatic carbocycles. The van der Waals surface area contributed by atoms with Crippen molar-refractivity contribution in [2.75, 3.05) is 13.1 Å². The minimum atomic E-state index is -0.248. The number of likely N-dealkylation sites (tertiary alicyclic amines) is 1. The highest BCUT2D eigenvalue weighted by Crippen LogP contribution is 2.27. The number of carbonyl (C=O) groups is 1. The summed E-state index contributed by atoms with van der Waals surface area (Å²) >= 11 is 0. The lowest BCUT2D eigenvalue weighted by Crippen LogP contribution is -2.46. The number of hydrogen-bond acceptors (Lipinski definition) is 3. The van der Waals surface area contributed by atoms with Crippen LogP contribution in [-0.4, -0.2) is 38.9 Å². The van der Waals surface area contributed by atoms with E-state index in [9.17, 15) is 4.79 Å². The maximum atomic E-state index is 12.7. The second-order valence-corrected chi connectivity index (χ2v) is 7.53. The van der Waals surface area contributed by atoms with Crippen molar-refractivity contribution in [1.29, 1.82) is 0 Å². The van der Waals surface area contributed by atoms with E-state index in [-0.39, 0.29) is 5.41 Å². The molecular weight excluding hydrogens is 288 g/mol. The predicted octanol–water partition coefficient (Wildman–Crippen LogP) is 3.30. The Morgan fingerprint density at radius 1 is 1.39 bits per heavy atom. The number of piperidine rings is 1. The summed E-state index contributed by atoms with van der Waals surface area (Å²) in [7, 11) is 0. The topological polar surface area (TPSA) is 51.0 Å². The number of amides is 1. The van der Waals surface area contributed by atoms with Crippen LogP contribution >= 0.6 is 0 Å². The van der Waals surface area contributed by atoms with E-state index in [1.54, 1.807) is 0 Å². The van der Waals surface area contributed by atoms with Crippen molar-refractivity contribution >= 4 is 5.91 Å². The van der Waals surface area contributed by atoms with E-state index in [4.69, 9.17) is 0 Å². The molecule has 0 N–H and O–H groups in total. The Morgan fingerprint density at radius 3 is 2.87 bits per heavy atom. The normalized spacial score (nSPS) is 19.1. The fourth-order valence-electron chi connectivity index (χ4n) is 3.14. The van der Waals surface area contributed by atoms with Crippen molar-refractivity contribution in [2.24, 2.45) is 11.3 Å². The molecular formula is C18H32N4O. The SMILES string of the molecule is CCCCc1cn(C[C@@H]2CCCN(C(=O)C(C)(C)CC)C2)nn1. The van der Waals surface area contributed by atoms with Crippen molar-refractivity contribution in [3.8, 4) is 0 Å². The third-order valence-corrected chi connectivity index (χ3v) is 5.09. The maximum Gasteiger partial charge on any atom is 0.228 e. The Bertz CT molecular complexity index is 509. The number of unbranched alkanes of at least 4 members (excludes halogenated alkanes) is 1. The van der Waals surface area contributed by atoms with Gasteiger partial charge in [-0.25, -0.2) is 0 Å². The Labute approximate surface area is 140 Å². The van der Waals surface area contributed by atoms with E-state index in [1.807, 2.05) is 4.68 Å². The van der Waals surface area contributed by atoms with Gasteiger partial charge in [0.05, 0.1) is 5.69 Å². The standard InChI is InChI=1S/C18H32N4O/c1-5-7-10-16-14-22(20-19-16)13-15-9-8-11-21(12-15)17(23)18(3,4)6-2/h14-15H,5-13H2,1-4H3/t15-/m1/s1. The number of aryl methyl sites for hydroxylation is 1.